The molecule has 2 fully saturated rings. The van der Waals surface area contributed by atoms with Crippen molar-refractivity contribution >= 4 is 46.0 Å². The van der Waals surface area contributed by atoms with E-state index in [9.17, 15) is 14.4 Å². The Morgan fingerprint density at radius 3 is 2.55 bits per heavy atom. The van der Waals surface area contributed by atoms with Crippen LogP contribution in [0.2, 0.25) is 5.02 Å². The van der Waals surface area contributed by atoms with Gasteiger partial charge in [-0.15, -0.1) is 6.58 Å². The Morgan fingerprint density at radius 1 is 1.07 bits per heavy atom. The van der Waals surface area contributed by atoms with Crippen LogP contribution in [0.4, 0.5) is 10.5 Å². The van der Waals surface area contributed by atoms with Gasteiger partial charge >= 0.3 is 6.03 Å². The molecule has 1 aromatic heterocycles. The quantitative estimate of drug-likeness (QED) is 0.100. The number of hydrogen-bond donors (Lipinski definition) is 4. The van der Waals surface area contributed by atoms with Crippen LogP contribution in [-0.4, -0.2) is 128 Å². The average molecular weight is 840 g/mol. The molecule has 0 spiro atoms. The number of H-pyrrole nitrogens is 1. The van der Waals surface area contributed by atoms with E-state index in [1.165, 1.54) is 27.0 Å². The first-order valence-electron chi connectivity index (χ1n) is 21.3. The van der Waals surface area contributed by atoms with Crippen molar-refractivity contribution in [2.45, 2.75) is 70.1 Å². The van der Waals surface area contributed by atoms with E-state index in [1.807, 2.05) is 33.2 Å². The summed E-state index contributed by atoms with van der Waals surface area (Å²) in [5, 5.41) is 10.8. The highest BCUT2D eigenvalue weighted by molar-refractivity contribution is 6.33. The third-order valence-electron chi connectivity index (χ3n) is 12.3. The Labute approximate surface area is 360 Å². The SMILES string of the molecule is C=CCN1C[C@H](C(=O)N(CCCN(C)C)C(=O)NCC)C[C@@H]2c3cccc4[nH]cc(c34)C[C@H]21.CNc1cc(OC)c(C(=O)N[C@H]2CCN(Cc3ccccc3)[C@H]2C)cc1Cl. The number of benzene rings is 3. The number of imide groups is 1. The average Bonchev–Trinajstić information content (AvgIpc) is 3.82. The van der Waals surface area contributed by atoms with Gasteiger partial charge in [-0.25, -0.2) is 4.79 Å². The summed E-state index contributed by atoms with van der Waals surface area (Å²) in [4.78, 5) is 51.2. The van der Waals surface area contributed by atoms with Crippen LogP contribution in [0.5, 0.6) is 5.75 Å². The number of halogens is 1. The summed E-state index contributed by atoms with van der Waals surface area (Å²) in [6.45, 7) is 13.0. The lowest BCUT2D eigenvalue weighted by molar-refractivity contribution is -0.135. The van der Waals surface area contributed by atoms with Crippen LogP contribution in [0, 0.1) is 5.92 Å². The number of carbonyl (C=O) groups excluding carboxylic acids is 3. The molecule has 7 rings (SSSR count). The number of nitrogens with one attached hydrogen (secondary N) is 4. The minimum Gasteiger partial charge on any atom is -0.496 e. The van der Waals surface area contributed by atoms with E-state index in [2.05, 4.69) is 97.8 Å². The lowest BCUT2D eigenvalue weighted by Gasteiger charge is -2.47. The molecule has 0 saturated carbocycles. The number of aromatic nitrogens is 1. The molecule has 4 aromatic rings. The Morgan fingerprint density at radius 2 is 1.85 bits per heavy atom. The standard InChI is InChI=1S/C26H37N5O2.C21H26ClN3O2/c1-5-11-30-17-19(25(32)31(26(33)27-6-2)13-8-12-29(3)4)14-21-20-9-7-10-22-24(20)18(16-28-22)15-23(21)30;1-14-18(9-10-25(14)13-15-7-5-4-6-8-15)24-21(26)16-11-17(22)19(23-2)12-20(16)27-3/h5,7,9-10,16,19,21,23,28H,1,6,8,11-15,17H2,2-4H3,(H,27,33);4-8,11-12,14,18,23H,9-10,13H2,1-3H3,(H,24,26)/t19-,21-,23-;14-,18-/m10/s1. The molecular weight excluding hydrogens is 776 g/mol. The number of carbonyl (C=O) groups is 3. The Balaban J connectivity index is 0.000000205. The Hall–Kier alpha value is -4.88. The number of piperidine rings is 1. The molecule has 3 aromatic carbocycles. The van der Waals surface area contributed by atoms with E-state index < -0.39 is 0 Å². The highest BCUT2D eigenvalue weighted by atomic mass is 35.5. The van der Waals surface area contributed by atoms with Crippen molar-refractivity contribution in [1.29, 1.82) is 0 Å². The van der Waals surface area contributed by atoms with Gasteiger partial charge < -0.3 is 30.6 Å². The summed E-state index contributed by atoms with van der Waals surface area (Å²) >= 11 is 6.26. The zero-order valence-corrected chi connectivity index (χ0v) is 36.9. The lowest BCUT2D eigenvalue weighted by atomic mass is 9.72. The van der Waals surface area contributed by atoms with Crippen LogP contribution in [0.25, 0.3) is 10.9 Å². The van der Waals surface area contributed by atoms with Crippen molar-refractivity contribution in [2.75, 3.05) is 72.8 Å². The summed E-state index contributed by atoms with van der Waals surface area (Å²) in [5.74, 6) is 0.337. The number of urea groups is 1. The molecule has 12 nitrogen and oxygen atoms in total. The zero-order valence-electron chi connectivity index (χ0n) is 36.1. The molecule has 60 heavy (non-hydrogen) atoms. The predicted molar refractivity (Wildman–Crippen MR) is 242 cm³/mol. The first kappa shape index (κ1) is 44.7. The fraction of sp³-hybridized carbons (Fsp3) is 0.468. The molecule has 2 aliphatic heterocycles. The first-order valence-corrected chi connectivity index (χ1v) is 21.7. The second kappa shape index (κ2) is 20.6. The Bertz CT molecular complexity index is 2110. The van der Waals surface area contributed by atoms with Crippen molar-refractivity contribution in [3.63, 3.8) is 0 Å². The van der Waals surface area contributed by atoms with Gasteiger partial charge in [-0.3, -0.25) is 24.3 Å². The van der Waals surface area contributed by atoms with Gasteiger partial charge in [-0.05, 0) is 89.0 Å². The number of aromatic amines is 1. The fourth-order valence-corrected chi connectivity index (χ4v) is 9.51. The number of ether oxygens (including phenoxy) is 1. The van der Waals surface area contributed by atoms with Gasteiger partial charge in [-0.2, -0.15) is 0 Å². The maximum atomic E-state index is 13.7. The number of amides is 4. The van der Waals surface area contributed by atoms with Gasteiger partial charge in [0.15, 0.2) is 0 Å². The largest absolute Gasteiger partial charge is 0.496 e. The summed E-state index contributed by atoms with van der Waals surface area (Å²) < 4.78 is 5.39. The second-order valence-corrected chi connectivity index (χ2v) is 16.9. The van der Waals surface area contributed by atoms with Gasteiger partial charge in [0, 0.05) is 93.5 Å². The first-order chi connectivity index (χ1) is 29.0. The molecule has 2 saturated heterocycles. The number of fused-ring (bicyclic) bond motifs is 2. The molecular formula is C47H63ClN8O4. The summed E-state index contributed by atoms with van der Waals surface area (Å²) in [6, 6.07) is 20.7. The van der Waals surface area contributed by atoms with E-state index >= 15 is 0 Å². The number of likely N-dealkylation sites (tertiary alicyclic amines) is 2. The maximum Gasteiger partial charge on any atom is 0.324 e. The monoisotopic (exact) mass is 838 g/mol. The van der Waals surface area contributed by atoms with E-state index in [0.717, 1.165) is 63.1 Å². The normalized spacial score (nSPS) is 21.1. The molecule has 3 aliphatic rings. The molecule has 1 aliphatic carbocycles. The topological polar surface area (TPSA) is 125 Å². The van der Waals surface area contributed by atoms with Crippen LogP contribution in [0.3, 0.4) is 0 Å². The molecule has 0 radical (unpaired) electrons. The highest BCUT2D eigenvalue weighted by Crippen LogP contribution is 2.45. The van der Waals surface area contributed by atoms with Crippen molar-refractivity contribution < 1.29 is 19.1 Å². The van der Waals surface area contributed by atoms with Gasteiger partial charge in [0.1, 0.15) is 5.75 Å². The number of hydrogen-bond acceptors (Lipinski definition) is 8. The lowest BCUT2D eigenvalue weighted by Crippen LogP contribution is -2.55. The Kier molecular flexibility index (Phi) is 15.3. The summed E-state index contributed by atoms with van der Waals surface area (Å²) in [7, 11) is 7.35. The van der Waals surface area contributed by atoms with Crippen molar-refractivity contribution in [3.8, 4) is 5.75 Å². The molecule has 0 bridgehead atoms. The van der Waals surface area contributed by atoms with Gasteiger partial charge in [0.05, 0.1) is 29.3 Å². The number of methoxy groups -OCH3 is 1. The van der Waals surface area contributed by atoms with Gasteiger partial charge in [0.2, 0.25) is 5.91 Å². The van der Waals surface area contributed by atoms with Gasteiger partial charge in [-0.1, -0.05) is 60.1 Å². The van der Waals surface area contributed by atoms with E-state index in [4.69, 9.17) is 16.3 Å². The third-order valence-corrected chi connectivity index (χ3v) is 12.7. The minimum atomic E-state index is -0.280. The molecule has 4 N–H and O–H groups in total. The number of nitrogens with zero attached hydrogens (tertiary/aromatic N) is 4. The highest BCUT2D eigenvalue weighted by Gasteiger charge is 2.44. The van der Waals surface area contributed by atoms with Crippen molar-refractivity contribution in [3.05, 3.63) is 107 Å². The van der Waals surface area contributed by atoms with Crippen LogP contribution in [0.15, 0.2) is 79.5 Å². The molecule has 322 valence electrons. The molecule has 13 heteroatoms. The van der Waals surface area contributed by atoms with Crippen LogP contribution >= 0.6 is 11.6 Å². The zero-order chi connectivity index (χ0) is 42.9. The van der Waals surface area contributed by atoms with Crippen molar-refractivity contribution in [2.24, 2.45) is 5.92 Å². The van der Waals surface area contributed by atoms with Crippen LogP contribution in [-0.2, 0) is 17.8 Å². The smallest absolute Gasteiger partial charge is 0.324 e. The minimum absolute atomic E-state index is 0.0562. The van der Waals surface area contributed by atoms with E-state index in [1.54, 1.807) is 26.3 Å². The summed E-state index contributed by atoms with van der Waals surface area (Å²) in [5.41, 5.74) is 6.31. The molecule has 0 unspecified atom stereocenters. The van der Waals surface area contributed by atoms with Crippen molar-refractivity contribution in [1.82, 2.24) is 35.2 Å². The predicted octanol–water partition coefficient (Wildman–Crippen LogP) is 6.98. The fourth-order valence-electron chi connectivity index (χ4n) is 9.25. The van der Waals surface area contributed by atoms with Crippen LogP contribution in [0.1, 0.15) is 66.1 Å². The molecule has 4 amide bonds. The maximum absolute atomic E-state index is 13.7. The molecule has 5 atom stereocenters. The molecule has 3 heterocycles. The third kappa shape index (κ3) is 10.2. The van der Waals surface area contributed by atoms with E-state index in [0.29, 0.717) is 42.0 Å². The number of anilines is 1. The second-order valence-electron chi connectivity index (χ2n) is 16.5. The summed E-state index contributed by atoms with van der Waals surface area (Å²) in [6.07, 6.45) is 7.48. The van der Waals surface area contributed by atoms with Gasteiger partial charge in [0.25, 0.3) is 5.91 Å². The van der Waals surface area contributed by atoms with E-state index in [-0.39, 0.29) is 41.8 Å². The van der Waals surface area contributed by atoms with Crippen LogP contribution < -0.4 is 20.7 Å². The number of rotatable bonds is 14.